The Hall–Kier alpha value is -1.84. The lowest BCUT2D eigenvalue weighted by atomic mass is 9.87. The van der Waals surface area contributed by atoms with Crippen molar-refractivity contribution in [2.45, 2.75) is 51.5 Å². The largest absolute Gasteiger partial charge is 0.466 e. The summed E-state index contributed by atoms with van der Waals surface area (Å²) in [5.41, 5.74) is 2.18. The molecule has 1 aliphatic carbocycles. The average molecular weight is 300 g/mol. The number of esters is 1. The monoisotopic (exact) mass is 300 g/mol. The van der Waals surface area contributed by atoms with E-state index in [0.717, 1.165) is 17.1 Å². The van der Waals surface area contributed by atoms with Crippen LogP contribution in [0.15, 0.2) is 29.3 Å². The number of para-hydroxylation sites is 1. The van der Waals surface area contributed by atoms with Crippen LogP contribution in [0.4, 0.5) is 5.69 Å². The molecule has 1 heterocycles. The second-order valence-electron chi connectivity index (χ2n) is 6.09. The molecular formula is C18H24N2O2. The lowest BCUT2D eigenvalue weighted by Crippen LogP contribution is -2.30. The third-order valence-electron chi connectivity index (χ3n) is 4.53. The summed E-state index contributed by atoms with van der Waals surface area (Å²) < 4.78 is 5.11. The van der Waals surface area contributed by atoms with E-state index in [1.807, 2.05) is 25.1 Å². The quantitative estimate of drug-likeness (QED) is 0.852. The summed E-state index contributed by atoms with van der Waals surface area (Å²) in [7, 11) is 0. The van der Waals surface area contributed by atoms with Gasteiger partial charge in [-0.15, -0.1) is 0 Å². The molecule has 0 radical (unpaired) electrons. The van der Waals surface area contributed by atoms with E-state index in [1.54, 1.807) is 0 Å². The summed E-state index contributed by atoms with van der Waals surface area (Å²) in [6.07, 6.45) is 6.58. The molecule has 0 aromatic heterocycles. The zero-order valence-electron chi connectivity index (χ0n) is 13.2. The van der Waals surface area contributed by atoms with Gasteiger partial charge in [0.1, 0.15) is 5.84 Å². The molecule has 4 nitrogen and oxygen atoms in total. The SMILES string of the molecule is CCOC(=O)CC1N=C(C2CCCCC2)Nc2ccccc21. The van der Waals surface area contributed by atoms with E-state index in [2.05, 4.69) is 11.4 Å². The number of hydrogen-bond acceptors (Lipinski definition) is 4. The highest BCUT2D eigenvalue weighted by molar-refractivity contribution is 5.99. The van der Waals surface area contributed by atoms with Crippen LogP contribution in [-0.4, -0.2) is 18.4 Å². The summed E-state index contributed by atoms with van der Waals surface area (Å²) in [5, 5.41) is 3.50. The van der Waals surface area contributed by atoms with Gasteiger partial charge in [-0.2, -0.15) is 0 Å². The van der Waals surface area contributed by atoms with E-state index >= 15 is 0 Å². The molecule has 1 saturated carbocycles. The van der Waals surface area contributed by atoms with Crippen molar-refractivity contribution in [2.24, 2.45) is 10.9 Å². The summed E-state index contributed by atoms with van der Waals surface area (Å²) in [4.78, 5) is 16.8. The van der Waals surface area contributed by atoms with Gasteiger partial charge in [0.25, 0.3) is 0 Å². The molecule has 0 spiro atoms. The first kappa shape index (κ1) is 15.1. The van der Waals surface area contributed by atoms with Crippen molar-refractivity contribution >= 4 is 17.5 Å². The van der Waals surface area contributed by atoms with Gasteiger partial charge >= 0.3 is 5.97 Å². The molecular weight excluding hydrogens is 276 g/mol. The van der Waals surface area contributed by atoms with Gasteiger partial charge in [-0.1, -0.05) is 37.5 Å². The van der Waals surface area contributed by atoms with Crippen molar-refractivity contribution in [1.29, 1.82) is 0 Å². The molecule has 22 heavy (non-hydrogen) atoms. The number of benzene rings is 1. The van der Waals surface area contributed by atoms with Crippen LogP contribution in [0.1, 0.15) is 57.1 Å². The first-order chi connectivity index (χ1) is 10.8. The number of hydrogen-bond donors (Lipinski definition) is 1. The molecule has 3 rings (SSSR count). The molecule has 1 aromatic rings. The van der Waals surface area contributed by atoms with Gasteiger partial charge in [0, 0.05) is 17.2 Å². The minimum atomic E-state index is -0.170. The average Bonchev–Trinajstić information content (AvgIpc) is 2.56. The Labute approximate surface area is 132 Å². The van der Waals surface area contributed by atoms with Crippen LogP contribution >= 0.6 is 0 Å². The number of carbonyl (C=O) groups is 1. The smallest absolute Gasteiger partial charge is 0.308 e. The fourth-order valence-corrected chi connectivity index (χ4v) is 3.43. The van der Waals surface area contributed by atoms with Crippen LogP contribution in [0.25, 0.3) is 0 Å². The Balaban J connectivity index is 1.83. The Morgan fingerprint density at radius 1 is 1.27 bits per heavy atom. The molecule has 1 aliphatic heterocycles. The molecule has 1 aromatic carbocycles. The predicted octanol–water partition coefficient (Wildman–Crippen LogP) is 4.09. The van der Waals surface area contributed by atoms with Crippen LogP contribution in [-0.2, 0) is 9.53 Å². The van der Waals surface area contributed by atoms with Crippen LogP contribution in [0, 0.1) is 5.92 Å². The van der Waals surface area contributed by atoms with Crippen molar-refractivity contribution in [1.82, 2.24) is 0 Å². The lowest BCUT2D eigenvalue weighted by Gasteiger charge is -2.30. The number of amidine groups is 1. The molecule has 4 heteroatoms. The maximum atomic E-state index is 11.9. The highest BCUT2D eigenvalue weighted by atomic mass is 16.5. The van der Waals surface area contributed by atoms with Crippen molar-refractivity contribution in [3.63, 3.8) is 0 Å². The minimum Gasteiger partial charge on any atom is -0.466 e. The maximum absolute atomic E-state index is 11.9. The van der Waals surface area contributed by atoms with Gasteiger partial charge in [0.05, 0.1) is 19.1 Å². The second kappa shape index (κ2) is 6.95. The van der Waals surface area contributed by atoms with Gasteiger partial charge in [-0.05, 0) is 25.8 Å². The second-order valence-corrected chi connectivity index (χ2v) is 6.09. The van der Waals surface area contributed by atoms with Crippen LogP contribution in [0.3, 0.4) is 0 Å². The van der Waals surface area contributed by atoms with E-state index in [0.29, 0.717) is 18.9 Å². The van der Waals surface area contributed by atoms with Crippen molar-refractivity contribution in [3.8, 4) is 0 Å². The zero-order valence-corrected chi connectivity index (χ0v) is 13.2. The van der Waals surface area contributed by atoms with Crippen LogP contribution in [0.2, 0.25) is 0 Å². The Morgan fingerprint density at radius 3 is 2.82 bits per heavy atom. The standard InChI is InChI=1S/C18H24N2O2/c1-2-22-17(21)12-16-14-10-6-7-11-15(14)19-18(20-16)13-8-4-3-5-9-13/h6-7,10-11,13,16H,2-5,8-9,12H2,1H3,(H,19,20). The van der Waals surface area contributed by atoms with Crippen molar-refractivity contribution in [2.75, 3.05) is 11.9 Å². The fraction of sp³-hybridized carbons (Fsp3) is 0.556. The normalized spacial score (nSPS) is 21.5. The maximum Gasteiger partial charge on any atom is 0.308 e. The van der Waals surface area contributed by atoms with E-state index in [1.165, 1.54) is 32.1 Å². The first-order valence-electron chi connectivity index (χ1n) is 8.37. The number of nitrogens with one attached hydrogen (secondary N) is 1. The summed E-state index contributed by atoms with van der Waals surface area (Å²) >= 11 is 0. The molecule has 118 valence electrons. The zero-order chi connectivity index (χ0) is 15.4. The Kier molecular flexibility index (Phi) is 4.76. The molecule has 0 bridgehead atoms. The van der Waals surface area contributed by atoms with Gasteiger partial charge in [-0.25, -0.2) is 0 Å². The van der Waals surface area contributed by atoms with Gasteiger partial charge in [0.2, 0.25) is 0 Å². The predicted molar refractivity (Wildman–Crippen MR) is 88.1 cm³/mol. The number of aliphatic imine (C=N–C) groups is 1. The molecule has 1 N–H and O–H groups in total. The van der Waals surface area contributed by atoms with Crippen LogP contribution < -0.4 is 5.32 Å². The number of carbonyl (C=O) groups excluding carboxylic acids is 1. The molecule has 1 unspecified atom stereocenters. The van der Waals surface area contributed by atoms with Gasteiger partial charge < -0.3 is 10.1 Å². The molecule has 1 fully saturated rings. The molecule has 0 amide bonds. The molecule has 2 aliphatic rings. The van der Waals surface area contributed by atoms with Crippen molar-refractivity contribution < 1.29 is 9.53 Å². The first-order valence-corrected chi connectivity index (χ1v) is 8.37. The van der Waals surface area contributed by atoms with E-state index in [9.17, 15) is 4.79 Å². The highest BCUT2D eigenvalue weighted by Gasteiger charge is 2.28. The summed E-state index contributed by atoms with van der Waals surface area (Å²) in [5.74, 6) is 1.40. The van der Waals surface area contributed by atoms with E-state index in [-0.39, 0.29) is 12.0 Å². The van der Waals surface area contributed by atoms with Gasteiger partial charge in [-0.3, -0.25) is 9.79 Å². The molecule has 1 atom stereocenters. The number of ether oxygens (including phenoxy) is 1. The Bertz CT molecular complexity index is 562. The molecule has 0 saturated heterocycles. The number of nitrogens with zero attached hydrogens (tertiary/aromatic N) is 1. The fourth-order valence-electron chi connectivity index (χ4n) is 3.43. The highest BCUT2D eigenvalue weighted by Crippen LogP contribution is 2.36. The Morgan fingerprint density at radius 2 is 2.05 bits per heavy atom. The van der Waals surface area contributed by atoms with E-state index < -0.39 is 0 Å². The third kappa shape index (κ3) is 3.32. The number of rotatable bonds is 4. The third-order valence-corrected chi connectivity index (χ3v) is 4.53. The van der Waals surface area contributed by atoms with E-state index in [4.69, 9.17) is 9.73 Å². The summed E-state index contributed by atoms with van der Waals surface area (Å²) in [6, 6.07) is 8.03. The van der Waals surface area contributed by atoms with Gasteiger partial charge in [0.15, 0.2) is 0 Å². The van der Waals surface area contributed by atoms with Crippen molar-refractivity contribution in [3.05, 3.63) is 29.8 Å². The minimum absolute atomic E-state index is 0.117. The number of anilines is 1. The van der Waals surface area contributed by atoms with Crippen LogP contribution in [0.5, 0.6) is 0 Å². The number of fused-ring (bicyclic) bond motifs is 1. The topological polar surface area (TPSA) is 50.7 Å². The summed E-state index contributed by atoms with van der Waals surface area (Å²) in [6.45, 7) is 2.26. The lowest BCUT2D eigenvalue weighted by molar-refractivity contribution is -0.143.